The van der Waals surface area contributed by atoms with E-state index < -0.39 is 0 Å². The Hall–Kier alpha value is -2.02. The molecule has 84 valence electrons. The van der Waals surface area contributed by atoms with Gasteiger partial charge in [-0.3, -0.25) is 0 Å². The Kier molecular flexibility index (Phi) is 4.34. The molecular weight excluding hydrogens is 202 g/mol. The molecule has 0 saturated heterocycles. The van der Waals surface area contributed by atoms with E-state index in [0.29, 0.717) is 5.84 Å². The van der Waals surface area contributed by atoms with E-state index in [1.165, 1.54) is 0 Å². The fourth-order valence-corrected chi connectivity index (χ4v) is 1.40. The molecule has 0 saturated carbocycles. The first kappa shape index (κ1) is 12.1. The number of nitriles is 1. The zero-order valence-corrected chi connectivity index (χ0v) is 9.69. The van der Waals surface area contributed by atoms with Crippen LogP contribution in [0.4, 0.5) is 0 Å². The molecule has 16 heavy (non-hydrogen) atoms. The Labute approximate surface area is 95.6 Å². The van der Waals surface area contributed by atoms with Crippen LogP contribution in [0.1, 0.15) is 25.5 Å². The predicted molar refractivity (Wildman–Crippen MR) is 63.3 cm³/mol. The maximum Gasteiger partial charge on any atom is 0.207 e. The summed E-state index contributed by atoms with van der Waals surface area (Å²) in [6.45, 7) is 3.78. The van der Waals surface area contributed by atoms with Gasteiger partial charge in [0.2, 0.25) is 6.19 Å². The van der Waals surface area contributed by atoms with Gasteiger partial charge in [0.15, 0.2) is 0 Å². The maximum atomic E-state index is 8.39. The molecule has 1 rings (SSSR count). The number of nitrogens with zero attached hydrogens (tertiary/aromatic N) is 2. The topological polar surface area (TPSA) is 57.4 Å². The monoisotopic (exact) mass is 217 g/mol. The largest absolute Gasteiger partial charge is 0.497 e. The predicted octanol–water partition coefficient (Wildman–Crippen LogP) is 2.25. The molecule has 0 aliphatic rings. The van der Waals surface area contributed by atoms with E-state index in [-0.39, 0.29) is 6.04 Å². The number of hydrogen-bond donors (Lipinski definition) is 1. The minimum atomic E-state index is 0.114. The van der Waals surface area contributed by atoms with E-state index in [2.05, 4.69) is 10.3 Å². The molecule has 0 aromatic heterocycles. The number of aliphatic imine (C=N–C) groups is 1. The molecule has 0 radical (unpaired) electrons. The van der Waals surface area contributed by atoms with Gasteiger partial charge < -0.3 is 10.1 Å². The number of nitrogens with one attached hydrogen (secondary N) is 1. The SMILES string of the molecule is COc1ccc(C(C)N/C(C)=N/C#N)cc1. The lowest BCUT2D eigenvalue weighted by molar-refractivity contribution is 0.414. The quantitative estimate of drug-likeness (QED) is 0.480. The van der Waals surface area contributed by atoms with Crippen molar-refractivity contribution >= 4 is 5.84 Å². The normalized spacial score (nSPS) is 12.8. The summed E-state index contributed by atoms with van der Waals surface area (Å²) in [5.74, 6) is 1.45. The van der Waals surface area contributed by atoms with Crippen LogP contribution < -0.4 is 10.1 Å². The van der Waals surface area contributed by atoms with Crippen LogP contribution in [0.2, 0.25) is 0 Å². The average molecular weight is 217 g/mol. The van der Waals surface area contributed by atoms with Gasteiger partial charge in [-0.25, -0.2) is 0 Å². The lowest BCUT2D eigenvalue weighted by Gasteiger charge is -2.14. The van der Waals surface area contributed by atoms with Gasteiger partial charge in [-0.1, -0.05) is 12.1 Å². The lowest BCUT2D eigenvalue weighted by atomic mass is 10.1. The first-order valence-corrected chi connectivity index (χ1v) is 5.01. The zero-order chi connectivity index (χ0) is 12.0. The third kappa shape index (κ3) is 3.28. The number of amidine groups is 1. The van der Waals surface area contributed by atoms with Gasteiger partial charge in [0, 0.05) is 6.04 Å². The van der Waals surface area contributed by atoms with E-state index >= 15 is 0 Å². The summed E-state index contributed by atoms with van der Waals surface area (Å²) in [6, 6.07) is 7.89. The highest BCUT2D eigenvalue weighted by molar-refractivity contribution is 5.80. The Morgan fingerprint density at radius 3 is 2.56 bits per heavy atom. The minimum absolute atomic E-state index is 0.114. The molecule has 0 bridgehead atoms. The second kappa shape index (κ2) is 5.76. The van der Waals surface area contributed by atoms with Gasteiger partial charge >= 0.3 is 0 Å². The summed E-state index contributed by atoms with van der Waals surface area (Å²) in [4.78, 5) is 3.61. The summed E-state index contributed by atoms with van der Waals surface area (Å²) in [5, 5.41) is 11.5. The number of benzene rings is 1. The van der Waals surface area contributed by atoms with Crippen LogP contribution in [-0.4, -0.2) is 12.9 Å². The third-order valence-electron chi connectivity index (χ3n) is 2.26. The summed E-state index contributed by atoms with van der Waals surface area (Å²) in [6.07, 6.45) is 1.75. The van der Waals surface area contributed by atoms with Crippen molar-refractivity contribution in [1.82, 2.24) is 5.32 Å². The summed E-state index contributed by atoms with van der Waals surface area (Å²) < 4.78 is 5.08. The minimum Gasteiger partial charge on any atom is -0.497 e. The summed E-state index contributed by atoms with van der Waals surface area (Å²) in [7, 11) is 1.64. The van der Waals surface area contributed by atoms with Crippen molar-refractivity contribution in [3.8, 4) is 11.9 Å². The number of rotatable bonds is 3. The Balaban J connectivity index is 2.70. The molecule has 0 aliphatic carbocycles. The molecule has 0 amide bonds. The van der Waals surface area contributed by atoms with E-state index in [1.54, 1.807) is 20.2 Å². The fourth-order valence-electron chi connectivity index (χ4n) is 1.40. The van der Waals surface area contributed by atoms with Crippen molar-refractivity contribution in [2.24, 2.45) is 4.99 Å². The molecule has 0 aliphatic heterocycles. The van der Waals surface area contributed by atoms with Crippen molar-refractivity contribution in [1.29, 1.82) is 5.26 Å². The van der Waals surface area contributed by atoms with Crippen LogP contribution in [-0.2, 0) is 0 Å². The molecule has 1 aromatic carbocycles. The summed E-state index contributed by atoms with van der Waals surface area (Å²) in [5.41, 5.74) is 1.12. The highest BCUT2D eigenvalue weighted by Crippen LogP contribution is 2.16. The molecular formula is C12H15N3O. The van der Waals surface area contributed by atoms with Crippen LogP contribution >= 0.6 is 0 Å². The van der Waals surface area contributed by atoms with Gasteiger partial charge in [0.1, 0.15) is 11.6 Å². The lowest BCUT2D eigenvalue weighted by Crippen LogP contribution is -2.23. The smallest absolute Gasteiger partial charge is 0.207 e. The van der Waals surface area contributed by atoms with Gasteiger partial charge in [0.25, 0.3) is 0 Å². The van der Waals surface area contributed by atoms with Crippen LogP contribution in [0.5, 0.6) is 5.75 Å². The van der Waals surface area contributed by atoms with Crippen LogP contribution in [0.15, 0.2) is 29.3 Å². The van der Waals surface area contributed by atoms with E-state index in [1.807, 2.05) is 31.2 Å². The number of hydrogen-bond acceptors (Lipinski definition) is 3. The van der Waals surface area contributed by atoms with E-state index in [0.717, 1.165) is 11.3 Å². The second-order valence-corrected chi connectivity index (χ2v) is 3.44. The van der Waals surface area contributed by atoms with Gasteiger partial charge in [-0.05, 0) is 31.5 Å². The van der Waals surface area contributed by atoms with Crippen molar-refractivity contribution in [2.45, 2.75) is 19.9 Å². The van der Waals surface area contributed by atoms with E-state index in [9.17, 15) is 0 Å². The molecule has 1 atom stereocenters. The van der Waals surface area contributed by atoms with Gasteiger partial charge in [-0.15, -0.1) is 0 Å². The fraction of sp³-hybridized carbons (Fsp3) is 0.333. The molecule has 1 unspecified atom stereocenters. The molecule has 0 spiro atoms. The number of ether oxygens (including phenoxy) is 1. The van der Waals surface area contributed by atoms with Crippen LogP contribution in [0.25, 0.3) is 0 Å². The van der Waals surface area contributed by atoms with Crippen molar-refractivity contribution in [3.05, 3.63) is 29.8 Å². The van der Waals surface area contributed by atoms with Crippen molar-refractivity contribution < 1.29 is 4.74 Å². The Morgan fingerprint density at radius 2 is 2.06 bits per heavy atom. The second-order valence-electron chi connectivity index (χ2n) is 3.44. The molecule has 0 heterocycles. The van der Waals surface area contributed by atoms with Gasteiger partial charge in [0.05, 0.1) is 7.11 Å². The molecule has 4 heteroatoms. The van der Waals surface area contributed by atoms with Gasteiger partial charge in [-0.2, -0.15) is 10.3 Å². The summed E-state index contributed by atoms with van der Waals surface area (Å²) >= 11 is 0. The first-order valence-electron chi connectivity index (χ1n) is 5.01. The van der Waals surface area contributed by atoms with Crippen molar-refractivity contribution in [3.63, 3.8) is 0 Å². The molecule has 0 fully saturated rings. The highest BCUT2D eigenvalue weighted by atomic mass is 16.5. The first-order chi connectivity index (χ1) is 7.67. The highest BCUT2D eigenvalue weighted by Gasteiger charge is 2.05. The van der Waals surface area contributed by atoms with Crippen LogP contribution in [0, 0.1) is 11.5 Å². The Morgan fingerprint density at radius 1 is 1.44 bits per heavy atom. The van der Waals surface area contributed by atoms with E-state index in [4.69, 9.17) is 10.00 Å². The average Bonchev–Trinajstić information content (AvgIpc) is 2.29. The third-order valence-corrected chi connectivity index (χ3v) is 2.26. The zero-order valence-electron chi connectivity index (χ0n) is 9.69. The molecule has 1 N–H and O–H groups in total. The standard InChI is InChI=1S/C12H15N3O/c1-9(15-10(2)14-8-13)11-4-6-12(16-3)7-5-11/h4-7,9H,1-3H3,(H,14,15). The Bertz CT molecular complexity index is 403. The number of methoxy groups -OCH3 is 1. The van der Waals surface area contributed by atoms with Crippen LogP contribution in [0.3, 0.4) is 0 Å². The molecule has 1 aromatic rings. The maximum absolute atomic E-state index is 8.39. The van der Waals surface area contributed by atoms with Crippen molar-refractivity contribution in [2.75, 3.05) is 7.11 Å². The molecule has 4 nitrogen and oxygen atoms in total.